The van der Waals surface area contributed by atoms with E-state index in [1.165, 1.54) is 38.3 Å². The van der Waals surface area contributed by atoms with E-state index in [0.29, 0.717) is 0 Å². The molecular formula is C52H34N4. The van der Waals surface area contributed by atoms with Gasteiger partial charge in [-0.25, -0.2) is 9.97 Å². The SMILES string of the molecule is c1ccc(-c2cc(-c3ccc(-n4c5ccccc5c5cc(-c6cccc7c8cccnc8n(-c8ccccc8)c67)ccc54)cc3)cc(-c3ccccc3)n2)cc1. The van der Waals surface area contributed by atoms with Gasteiger partial charge in [-0.1, -0.05) is 133 Å². The Balaban J connectivity index is 1.05. The van der Waals surface area contributed by atoms with Crippen molar-refractivity contribution >= 4 is 43.7 Å². The molecule has 4 heterocycles. The van der Waals surface area contributed by atoms with Crippen molar-refractivity contribution in [3.8, 4) is 56.1 Å². The molecule has 4 aromatic heterocycles. The number of para-hydroxylation sites is 3. The summed E-state index contributed by atoms with van der Waals surface area (Å²) in [5.41, 5.74) is 15.4. The lowest BCUT2D eigenvalue weighted by molar-refractivity contribution is 1.14. The van der Waals surface area contributed by atoms with Gasteiger partial charge in [0.05, 0.1) is 27.9 Å². The third-order valence-electron chi connectivity index (χ3n) is 11.0. The van der Waals surface area contributed by atoms with Gasteiger partial charge in [0.25, 0.3) is 0 Å². The van der Waals surface area contributed by atoms with Crippen molar-refractivity contribution in [3.63, 3.8) is 0 Å². The first-order valence-electron chi connectivity index (χ1n) is 19.0. The molecule has 0 saturated carbocycles. The van der Waals surface area contributed by atoms with Crippen LogP contribution in [-0.4, -0.2) is 19.1 Å². The summed E-state index contributed by atoms with van der Waals surface area (Å²) in [6.45, 7) is 0. The van der Waals surface area contributed by atoms with Gasteiger partial charge in [-0.2, -0.15) is 0 Å². The molecule has 0 aliphatic heterocycles. The normalized spacial score (nSPS) is 11.6. The van der Waals surface area contributed by atoms with Crippen molar-refractivity contribution < 1.29 is 0 Å². The maximum Gasteiger partial charge on any atom is 0.145 e. The van der Waals surface area contributed by atoms with Crippen LogP contribution in [0.15, 0.2) is 206 Å². The average Bonchev–Trinajstić information content (AvgIpc) is 3.80. The maximum atomic E-state index is 5.09. The summed E-state index contributed by atoms with van der Waals surface area (Å²) in [4.78, 5) is 9.97. The molecule has 0 saturated heterocycles. The Kier molecular flexibility index (Phi) is 7.46. The zero-order valence-corrected chi connectivity index (χ0v) is 30.4. The Morgan fingerprint density at radius 1 is 0.339 bits per heavy atom. The second kappa shape index (κ2) is 13.1. The van der Waals surface area contributed by atoms with Crippen LogP contribution in [0.4, 0.5) is 0 Å². The summed E-state index contributed by atoms with van der Waals surface area (Å²) in [7, 11) is 0. The molecular weight excluding hydrogens is 681 g/mol. The van der Waals surface area contributed by atoms with Crippen molar-refractivity contribution in [1.82, 2.24) is 19.1 Å². The molecule has 0 spiro atoms. The third kappa shape index (κ3) is 5.23. The molecule has 4 heteroatoms. The summed E-state index contributed by atoms with van der Waals surface area (Å²) < 4.78 is 4.70. The standard InChI is InChI=1S/C52H34N4/c1-4-14-36(15-5-1)47-33-39(34-48(54-47)37-16-6-2-7-17-37)35-25-28-41(29-26-35)55-49-24-11-10-20-43(49)46-32-38(27-30-50(46)55)42-21-12-22-44-45-23-13-31-53-52(45)56(51(42)44)40-18-8-3-9-19-40/h1-34H. The number of hydrogen-bond acceptors (Lipinski definition) is 2. The van der Waals surface area contributed by atoms with Crippen LogP contribution in [0.25, 0.3) is 99.9 Å². The van der Waals surface area contributed by atoms with E-state index >= 15 is 0 Å². The fourth-order valence-corrected chi connectivity index (χ4v) is 8.39. The lowest BCUT2D eigenvalue weighted by Gasteiger charge is -2.13. The predicted octanol–water partition coefficient (Wildman–Crippen LogP) is 13.3. The topological polar surface area (TPSA) is 35.6 Å². The average molecular weight is 715 g/mol. The molecule has 4 nitrogen and oxygen atoms in total. The number of hydrogen-bond donors (Lipinski definition) is 0. The van der Waals surface area contributed by atoms with Crippen molar-refractivity contribution in [3.05, 3.63) is 206 Å². The highest BCUT2D eigenvalue weighted by Crippen LogP contribution is 2.40. The van der Waals surface area contributed by atoms with Crippen LogP contribution in [-0.2, 0) is 0 Å². The molecule has 262 valence electrons. The molecule has 0 aliphatic rings. The number of benzene rings is 7. The second-order valence-corrected chi connectivity index (χ2v) is 14.2. The van der Waals surface area contributed by atoms with Crippen molar-refractivity contribution in [1.29, 1.82) is 0 Å². The molecule has 0 unspecified atom stereocenters. The highest BCUT2D eigenvalue weighted by molar-refractivity contribution is 6.15. The zero-order chi connectivity index (χ0) is 37.0. The van der Waals surface area contributed by atoms with E-state index in [1.807, 2.05) is 24.4 Å². The Hall–Kier alpha value is -7.56. The van der Waals surface area contributed by atoms with E-state index in [2.05, 4.69) is 191 Å². The van der Waals surface area contributed by atoms with Gasteiger partial charge in [0, 0.05) is 55.8 Å². The van der Waals surface area contributed by atoms with Gasteiger partial charge in [0.2, 0.25) is 0 Å². The van der Waals surface area contributed by atoms with Gasteiger partial charge in [0.1, 0.15) is 5.65 Å². The van der Waals surface area contributed by atoms with Crippen LogP contribution >= 0.6 is 0 Å². The molecule has 0 N–H and O–H groups in total. The predicted molar refractivity (Wildman–Crippen MR) is 232 cm³/mol. The van der Waals surface area contributed by atoms with Gasteiger partial charge in [-0.3, -0.25) is 4.57 Å². The Morgan fingerprint density at radius 3 is 1.66 bits per heavy atom. The number of fused-ring (bicyclic) bond motifs is 6. The van der Waals surface area contributed by atoms with Crippen LogP contribution in [0.2, 0.25) is 0 Å². The minimum atomic E-state index is 0.959. The first kappa shape index (κ1) is 31.9. The highest BCUT2D eigenvalue weighted by Gasteiger charge is 2.19. The lowest BCUT2D eigenvalue weighted by Crippen LogP contribution is -1.96. The molecule has 0 aliphatic carbocycles. The van der Waals surface area contributed by atoms with Crippen molar-refractivity contribution in [2.24, 2.45) is 0 Å². The number of aromatic nitrogens is 4. The minimum absolute atomic E-state index is 0.959. The first-order chi connectivity index (χ1) is 27.8. The van der Waals surface area contributed by atoms with E-state index in [4.69, 9.17) is 9.97 Å². The van der Waals surface area contributed by atoms with Gasteiger partial charge >= 0.3 is 0 Å². The quantitative estimate of drug-likeness (QED) is 0.172. The summed E-state index contributed by atoms with van der Waals surface area (Å²) in [5, 5.41) is 4.78. The largest absolute Gasteiger partial charge is 0.309 e. The summed E-state index contributed by atoms with van der Waals surface area (Å²) >= 11 is 0. The van der Waals surface area contributed by atoms with Crippen LogP contribution < -0.4 is 0 Å². The van der Waals surface area contributed by atoms with Crippen LogP contribution in [0.5, 0.6) is 0 Å². The highest BCUT2D eigenvalue weighted by atomic mass is 15.0. The van der Waals surface area contributed by atoms with Crippen molar-refractivity contribution in [2.75, 3.05) is 0 Å². The maximum absolute atomic E-state index is 5.09. The van der Waals surface area contributed by atoms with Crippen LogP contribution in [0.1, 0.15) is 0 Å². The lowest BCUT2D eigenvalue weighted by atomic mass is 9.99. The Bertz CT molecular complexity index is 3160. The number of nitrogens with zero attached hydrogens (tertiary/aromatic N) is 4. The summed E-state index contributed by atoms with van der Waals surface area (Å²) in [6.07, 6.45) is 1.88. The fraction of sp³-hybridized carbons (Fsp3) is 0. The van der Waals surface area contributed by atoms with E-state index < -0.39 is 0 Å². The number of rotatable bonds is 6. The van der Waals surface area contributed by atoms with Crippen LogP contribution in [0.3, 0.4) is 0 Å². The summed E-state index contributed by atoms with van der Waals surface area (Å²) in [5.74, 6) is 0. The van der Waals surface area contributed by atoms with Gasteiger partial charge in [0.15, 0.2) is 0 Å². The van der Waals surface area contributed by atoms with Crippen molar-refractivity contribution in [2.45, 2.75) is 0 Å². The van der Waals surface area contributed by atoms with E-state index in [1.54, 1.807) is 0 Å². The second-order valence-electron chi connectivity index (χ2n) is 14.2. The number of pyridine rings is 2. The Morgan fingerprint density at radius 2 is 0.929 bits per heavy atom. The molecule has 7 aromatic carbocycles. The van der Waals surface area contributed by atoms with E-state index in [9.17, 15) is 0 Å². The molecule has 0 atom stereocenters. The molecule has 56 heavy (non-hydrogen) atoms. The van der Waals surface area contributed by atoms with Gasteiger partial charge < -0.3 is 4.57 Å². The molecule has 0 fully saturated rings. The molecule has 0 amide bonds. The molecule has 0 radical (unpaired) electrons. The first-order valence-corrected chi connectivity index (χ1v) is 19.0. The third-order valence-corrected chi connectivity index (χ3v) is 11.0. The van der Waals surface area contributed by atoms with Gasteiger partial charge in [-0.05, 0) is 83.4 Å². The minimum Gasteiger partial charge on any atom is -0.309 e. The van der Waals surface area contributed by atoms with Crippen LogP contribution in [0, 0.1) is 0 Å². The fourth-order valence-electron chi connectivity index (χ4n) is 8.39. The van der Waals surface area contributed by atoms with E-state index in [-0.39, 0.29) is 0 Å². The molecule has 0 bridgehead atoms. The molecule has 11 rings (SSSR count). The van der Waals surface area contributed by atoms with Gasteiger partial charge in [-0.15, -0.1) is 0 Å². The smallest absolute Gasteiger partial charge is 0.145 e. The summed E-state index contributed by atoms with van der Waals surface area (Å²) in [6, 6.07) is 71.3. The molecule has 11 aromatic rings. The Labute approximate surface area is 324 Å². The van der Waals surface area contributed by atoms with E-state index in [0.717, 1.165) is 61.6 Å². The monoisotopic (exact) mass is 714 g/mol. The zero-order valence-electron chi connectivity index (χ0n) is 30.4.